The van der Waals surface area contributed by atoms with E-state index in [1.54, 1.807) is 12.1 Å². The predicted octanol–water partition coefficient (Wildman–Crippen LogP) is 7.99. The number of benzene rings is 4. The average molecular weight is 617 g/mol. The van der Waals surface area contributed by atoms with Gasteiger partial charge in [0.05, 0.1) is 18.8 Å². The van der Waals surface area contributed by atoms with Crippen LogP contribution in [0.15, 0.2) is 102 Å². The molecule has 0 heterocycles. The van der Waals surface area contributed by atoms with Crippen LogP contribution >= 0.6 is 15.9 Å². The number of carbonyl (C=O) groups is 2. The molecule has 0 aliphatic rings. The van der Waals surface area contributed by atoms with Gasteiger partial charge in [-0.05, 0) is 60.9 Å². The summed E-state index contributed by atoms with van der Waals surface area (Å²) >= 11 is 3.44. The van der Waals surface area contributed by atoms with Gasteiger partial charge in [-0.25, -0.2) is 4.79 Å². The summed E-state index contributed by atoms with van der Waals surface area (Å²) in [5.74, 6) is 1.03. The molecular formula is C34H34BrNO5. The highest BCUT2D eigenvalue weighted by Gasteiger charge is 2.25. The first-order valence-electron chi connectivity index (χ1n) is 13.6. The van der Waals surface area contributed by atoms with E-state index in [0.29, 0.717) is 11.3 Å². The van der Waals surface area contributed by atoms with E-state index in [1.165, 1.54) is 7.11 Å². The number of para-hydroxylation sites is 2. The zero-order valence-corrected chi connectivity index (χ0v) is 25.0. The van der Waals surface area contributed by atoms with Gasteiger partial charge in [-0.15, -0.1) is 0 Å². The van der Waals surface area contributed by atoms with Crippen molar-refractivity contribution in [1.82, 2.24) is 5.32 Å². The second-order valence-corrected chi connectivity index (χ2v) is 10.6. The van der Waals surface area contributed by atoms with Crippen molar-refractivity contribution < 1.29 is 23.8 Å². The van der Waals surface area contributed by atoms with E-state index in [-0.39, 0.29) is 12.5 Å². The number of esters is 1. The fourth-order valence-corrected chi connectivity index (χ4v) is 4.86. The smallest absolute Gasteiger partial charge is 0.328 e. The van der Waals surface area contributed by atoms with Crippen molar-refractivity contribution in [3.8, 4) is 28.4 Å². The minimum atomic E-state index is -0.882. The third-order valence-corrected chi connectivity index (χ3v) is 7.06. The maximum Gasteiger partial charge on any atom is 0.328 e. The van der Waals surface area contributed by atoms with Crippen molar-refractivity contribution >= 4 is 27.8 Å². The van der Waals surface area contributed by atoms with Gasteiger partial charge in [0.15, 0.2) is 0 Å². The largest absolute Gasteiger partial charge is 0.490 e. The normalized spacial score (nSPS) is 12.2. The highest BCUT2D eigenvalue weighted by molar-refractivity contribution is 9.10. The molecule has 41 heavy (non-hydrogen) atoms. The quantitative estimate of drug-likeness (QED) is 0.163. The fraction of sp³-hybridized carbons (Fsp3) is 0.235. The topological polar surface area (TPSA) is 73.9 Å². The Balaban J connectivity index is 1.51. The Morgan fingerprint density at radius 2 is 1.59 bits per heavy atom. The van der Waals surface area contributed by atoms with Crippen LogP contribution in [0.4, 0.5) is 0 Å². The van der Waals surface area contributed by atoms with Gasteiger partial charge in [0.1, 0.15) is 23.3 Å². The van der Waals surface area contributed by atoms with E-state index in [4.69, 9.17) is 14.2 Å². The van der Waals surface area contributed by atoms with Gasteiger partial charge in [-0.2, -0.15) is 0 Å². The molecule has 1 N–H and O–H groups in total. The van der Waals surface area contributed by atoms with Crippen molar-refractivity contribution in [2.75, 3.05) is 7.11 Å². The lowest BCUT2D eigenvalue weighted by Crippen LogP contribution is -2.43. The van der Waals surface area contributed by atoms with Gasteiger partial charge >= 0.3 is 5.97 Å². The van der Waals surface area contributed by atoms with Crippen LogP contribution in [0.1, 0.15) is 42.6 Å². The van der Waals surface area contributed by atoms with Crippen LogP contribution in [-0.2, 0) is 16.0 Å². The summed E-state index contributed by atoms with van der Waals surface area (Å²) in [5, 5.41) is 2.85. The van der Waals surface area contributed by atoms with Crippen LogP contribution in [0.2, 0.25) is 0 Å². The SMILES string of the molecule is CCCC(C)Oc1ccc(Br)cc1C(=O)N[C@@H](Cc1ccc(-c2ccccc2Oc2ccccc2)cc1)C(=O)OC. The molecule has 0 aromatic heterocycles. The van der Waals surface area contributed by atoms with Crippen LogP contribution in [0.25, 0.3) is 11.1 Å². The molecule has 7 heteroatoms. The van der Waals surface area contributed by atoms with E-state index >= 15 is 0 Å². The molecule has 0 spiro atoms. The molecule has 0 radical (unpaired) electrons. The third kappa shape index (κ3) is 8.21. The first-order valence-corrected chi connectivity index (χ1v) is 14.4. The minimum Gasteiger partial charge on any atom is -0.490 e. The Morgan fingerprint density at radius 1 is 0.878 bits per heavy atom. The maximum atomic E-state index is 13.4. The zero-order chi connectivity index (χ0) is 29.2. The molecule has 0 bridgehead atoms. The minimum absolute atomic E-state index is 0.0501. The molecule has 0 saturated heterocycles. The number of rotatable bonds is 12. The van der Waals surface area contributed by atoms with E-state index in [0.717, 1.165) is 45.5 Å². The molecule has 6 nitrogen and oxygen atoms in total. The Kier molecular flexibility index (Phi) is 10.6. The number of halogens is 1. The van der Waals surface area contributed by atoms with Crippen LogP contribution in [-0.4, -0.2) is 31.1 Å². The van der Waals surface area contributed by atoms with E-state index in [9.17, 15) is 9.59 Å². The Hall–Kier alpha value is -4.10. The summed E-state index contributed by atoms with van der Waals surface area (Å²) in [6.07, 6.45) is 2.04. The second kappa shape index (κ2) is 14.5. The monoisotopic (exact) mass is 615 g/mol. The molecule has 1 amide bonds. The number of amides is 1. The molecule has 0 aliphatic heterocycles. The second-order valence-electron chi connectivity index (χ2n) is 9.72. The lowest BCUT2D eigenvalue weighted by Gasteiger charge is -2.20. The lowest BCUT2D eigenvalue weighted by atomic mass is 9.99. The van der Waals surface area contributed by atoms with Crippen molar-refractivity contribution in [1.29, 1.82) is 0 Å². The molecular weight excluding hydrogens is 582 g/mol. The molecule has 0 aliphatic carbocycles. The van der Waals surface area contributed by atoms with Gasteiger partial charge in [-0.1, -0.05) is 89.9 Å². The summed E-state index contributed by atoms with van der Waals surface area (Å²) in [4.78, 5) is 26.1. The van der Waals surface area contributed by atoms with E-state index < -0.39 is 17.9 Å². The molecule has 2 atom stereocenters. The van der Waals surface area contributed by atoms with Gasteiger partial charge in [0.25, 0.3) is 5.91 Å². The van der Waals surface area contributed by atoms with Gasteiger partial charge < -0.3 is 19.5 Å². The van der Waals surface area contributed by atoms with Gasteiger partial charge in [0.2, 0.25) is 0 Å². The lowest BCUT2D eigenvalue weighted by molar-refractivity contribution is -0.142. The standard InChI is InChI=1S/C34H34BrNO5/c1-4-10-23(2)40-32-20-19-26(35)22-29(32)33(37)36-30(34(38)39-3)21-24-15-17-25(18-16-24)28-13-8-9-14-31(28)41-27-11-6-5-7-12-27/h5-9,11-20,22-23,30H,4,10,21H2,1-3H3,(H,36,37)/t23?,30-/m0/s1. The summed E-state index contributed by atoms with van der Waals surface area (Å²) in [6.45, 7) is 4.06. The number of hydrogen-bond donors (Lipinski definition) is 1. The summed E-state index contributed by atoms with van der Waals surface area (Å²) < 4.78 is 17.9. The van der Waals surface area contributed by atoms with E-state index in [1.807, 2.05) is 91.9 Å². The first kappa shape index (κ1) is 29.9. The van der Waals surface area contributed by atoms with Crippen molar-refractivity contribution in [3.05, 3.63) is 113 Å². The van der Waals surface area contributed by atoms with Crippen LogP contribution < -0.4 is 14.8 Å². The first-order chi connectivity index (χ1) is 19.9. The molecule has 4 aromatic rings. The molecule has 4 aromatic carbocycles. The number of ether oxygens (including phenoxy) is 3. The Labute approximate surface area is 249 Å². The molecule has 212 valence electrons. The summed E-state index contributed by atoms with van der Waals surface area (Å²) in [5.41, 5.74) is 3.13. The van der Waals surface area contributed by atoms with Crippen LogP contribution in [0.3, 0.4) is 0 Å². The van der Waals surface area contributed by atoms with Crippen molar-refractivity contribution in [2.24, 2.45) is 0 Å². The number of methoxy groups -OCH3 is 1. The zero-order valence-electron chi connectivity index (χ0n) is 23.4. The number of carbonyl (C=O) groups excluding carboxylic acids is 2. The maximum absolute atomic E-state index is 13.4. The summed E-state index contributed by atoms with van der Waals surface area (Å²) in [7, 11) is 1.31. The van der Waals surface area contributed by atoms with Gasteiger partial charge in [0, 0.05) is 16.5 Å². The molecule has 1 unspecified atom stereocenters. The fourth-order valence-electron chi connectivity index (χ4n) is 4.50. The van der Waals surface area contributed by atoms with Crippen molar-refractivity contribution in [3.63, 3.8) is 0 Å². The third-order valence-electron chi connectivity index (χ3n) is 6.56. The number of hydrogen-bond acceptors (Lipinski definition) is 5. The van der Waals surface area contributed by atoms with Gasteiger partial charge in [-0.3, -0.25) is 4.79 Å². The number of nitrogens with one attached hydrogen (secondary N) is 1. The average Bonchev–Trinajstić information content (AvgIpc) is 2.98. The highest BCUT2D eigenvalue weighted by Crippen LogP contribution is 2.33. The summed E-state index contributed by atoms with van der Waals surface area (Å²) in [6, 6.07) is 29.7. The molecule has 4 rings (SSSR count). The highest BCUT2D eigenvalue weighted by atomic mass is 79.9. The van der Waals surface area contributed by atoms with Crippen LogP contribution in [0.5, 0.6) is 17.2 Å². The predicted molar refractivity (Wildman–Crippen MR) is 165 cm³/mol. The van der Waals surface area contributed by atoms with Crippen LogP contribution in [0, 0.1) is 0 Å². The molecule has 0 fully saturated rings. The van der Waals surface area contributed by atoms with Crippen molar-refractivity contribution in [2.45, 2.75) is 45.3 Å². The Morgan fingerprint density at radius 3 is 2.29 bits per heavy atom. The Bertz CT molecular complexity index is 1460. The molecule has 0 saturated carbocycles. The van der Waals surface area contributed by atoms with E-state index in [2.05, 4.69) is 28.2 Å².